The minimum absolute atomic E-state index is 0.00756. The molecule has 780 valence electrons. The van der Waals surface area contributed by atoms with Gasteiger partial charge in [-0.15, -0.1) is 0 Å². The molecule has 1 saturated heterocycles. The van der Waals surface area contributed by atoms with E-state index in [-0.39, 0.29) is 57.4 Å². The molecule has 1 aliphatic rings. The molecule has 46 heteroatoms. The Morgan fingerprint density at radius 2 is 0.806 bits per heavy atom. The number of rotatable bonds is 56. The molecule has 22 amide bonds. The number of carbonyl (C=O) groups excluding carboxylic acids is 23. The lowest BCUT2D eigenvalue weighted by Crippen LogP contribution is -2.67. The van der Waals surface area contributed by atoms with Crippen LogP contribution in [0.5, 0.6) is 0 Å². The van der Waals surface area contributed by atoms with Gasteiger partial charge in [-0.25, -0.2) is 0 Å². The van der Waals surface area contributed by atoms with Crippen molar-refractivity contribution in [2.75, 3.05) is 19.7 Å². The van der Waals surface area contributed by atoms with E-state index in [1.54, 1.807) is 78.8 Å². The van der Waals surface area contributed by atoms with Crippen LogP contribution in [0.2, 0.25) is 0 Å². The zero-order chi connectivity index (χ0) is 107. The van der Waals surface area contributed by atoms with E-state index in [0.29, 0.717) is 6.42 Å². The highest BCUT2D eigenvalue weighted by molar-refractivity contribution is 6.05. The molecule has 0 radical (unpaired) electrons. The lowest BCUT2D eigenvalue weighted by Gasteiger charge is -2.36. The molecular weight excluding hydrogens is 1810 g/mol. The topological polar surface area (TPSA) is 711 Å². The van der Waals surface area contributed by atoms with E-state index in [2.05, 4.69) is 95.7 Å². The highest BCUT2D eigenvalue weighted by Crippen LogP contribution is 2.26. The zero-order valence-electron chi connectivity index (χ0n) is 85.5. The molecule has 25 N–H and O–H groups in total. The average Bonchev–Trinajstić information content (AvgIpc) is 1.76. The predicted molar refractivity (Wildman–Crippen MR) is 510 cm³/mol. The molecular formula is C93H154N22O24. The van der Waals surface area contributed by atoms with Crippen molar-refractivity contribution in [3.05, 3.63) is 35.9 Å². The third-order valence-corrected chi connectivity index (χ3v) is 23.3. The molecule has 11 unspecified atom stereocenters. The monoisotopic (exact) mass is 1960 g/mol. The van der Waals surface area contributed by atoms with Gasteiger partial charge < -0.3 is 123 Å². The molecule has 0 spiro atoms. The number of amides is 22. The lowest BCUT2D eigenvalue weighted by atomic mass is 9.90. The van der Waals surface area contributed by atoms with Gasteiger partial charge in [0.1, 0.15) is 92.1 Å². The Labute approximate surface area is 812 Å². The molecule has 0 aliphatic carbocycles. The van der Waals surface area contributed by atoms with Gasteiger partial charge in [0.15, 0.2) is 5.78 Å². The first-order valence-electron chi connectivity index (χ1n) is 46.5. The number of Topliss-reactive ketones (excluding diaryl/α,β-unsaturated/α-hetero) is 1. The van der Waals surface area contributed by atoms with E-state index in [0.717, 1.165) is 5.56 Å². The molecule has 1 aromatic rings. The van der Waals surface area contributed by atoms with Crippen molar-refractivity contribution in [2.45, 2.75) is 368 Å². The molecule has 0 bridgehead atoms. The van der Waals surface area contributed by atoms with Crippen LogP contribution in [-0.2, 0) is 117 Å². The number of nitrogens with zero attached hydrogens (tertiary/aromatic N) is 1. The minimum atomic E-state index is -1.92. The number of aliphatic hydroxyl groups is 1. The van der Waals surface area contributed by atoms with E-state index in [9.17, 15) is 115 Å². The Kier molecular flexibility index (Phi) is 45.5. The van der Waals surface area contributed by atoms with Gasteiger partial charge in [-0.2, -0.15) is 0 Å². The van der Waals surface area contributed by atoms with E-state index >= 15 is 0 Å². The number of likely N-dealkylation sites (tertiary alicyclic amines) is 1. The van der Waals surface area contributed by atoms with E-state index in [1.807, 2.05) is 0 Å². The van der Waals surface area contributed by atoms with E-state index < -0.39 is 297 Å². The fourth-order valence-corrected chi connectivity index (χ4v) is 14.2. The maximum atomic E-state index is 14.6. The summed E-state index contributed by atoms with van der Waals surface area (Å²) < 4.78 is 0. The van der Waals surface area contributed by atoms with Gasteiger partial charge in [-0.1, -0.05) is 78.8 Å². The first kappa shape index (κ1) is 122. The van der Waals surface area contributed by atoms with Gasteiger partial charge in [0.2, 0.25) is 130 Å². The van der Waals surface area contributed by atoms with Crippen molar-refractivity contribution >= 4 is 136 Å². The highest BCUT2D eigenvalue weighted by atomic mass is 16.3. The van der Waals surface area contributed by atoms with Gasteiger partial charge in [0.05, 0.1) is 25.2 Å². The van der Waals surface area contributed by atoms with Crippen LogP contribution >= 0.6 is 0 Å². The number of hydrogen-bond acceptors (Lipinski definition) is 24. The van der Waals surface area contributed by atoms with E-state index in [4.69, 9.17) is 17.2 Å². The fourth-order valence-electron chi connectivity index (χ4n) is 14.2. The molecule has 11 atom stereocenters. The quantitative estimate of drug-likeness (QED) is 0.0300. The second kappa shape index (κ2) is 51.7. The van der Waals surface area contributed by atoms with Gasteiger partial charge >= 0.3 is 0 Å². The van der Waals surface area contributed by atoms with Crippen molar-refractivity contribution in [3.8, 4) is 0 Å². The second-order valence-corrected chi connectivity index (χ2v) is 41.1. The maximum absolute atomic E-state index is 14.6. The van der Waals surface area contributed by atoms with Crippen molar-refractivity contribution in [3.63, 3.8) is 0 Å². The summed E-state index contributed by atoms with van der Waals surface area (Å²) in [6, 6.07) is -2.75. The van der Waals surface area contributed by atoms with Crippen LogP contribution in [0.3, 0.4) is 0 Å². The Bertz CT molecular complexity index is 4680. The molecule has 1 heterocycles. The number of nitrogens with two attached hydrogens (primary N) is 3. The van der Waals surface area contributed by atoms with E-state index in [1.165, 1.54) is 143 Å². The first-order valence-corrected chi connectivity index (χ1v) is 46.5. The summed E-state index contributed by atoms with van der Waals surface area (Å²) >= 11 is 0. The number of aliphatic hydroxyl groups excluding tert-OH is 1. The number of nitrogens with one attached hydrogen (secondary N) is 18. The summed E-state index contributed by atoms with van der Waals surface area (Å²) in [4.78, 5) is 314. The van der Waals surface area contributed by atoms with Gasteiger partial charge in [-0.3, -0.25) is 110 Å². The van der Waals surface area contributed by atoms with Gasteiger partial charge in [-0.05, 0) is 206 Å². The van der Waals surface area contributed by atoms with Crippen LogP contribution < -0.4 is 113 Å². The van der Waals surface area contributed by atoms with Crippen molar-refractivity contribution in [2.24, 2.45) is 40.9 Å². The summed E-state index contributed by atoms with van der Waals surface area (Å²) in [6.45, 7) is 36.5. The number of carbonyl (C=O) groups is 23. The van der Waals surface area contributed by atoms with Crippen LogP contribution in [-0.4, -0.2) is 270 Å². The van der Waals surface area contributed by atoms with Crippen LogP contribution in [0.15, 0.2) is 30.3 Å². The van der Waals surface area contributed by atoms with Crippen molar-refractivity contribution < 1.29 is 115 Å². The smallest absolute Gasteiger partial charge is 0.248 e. The third-order valence-electron chi connectivity index (χ3n) is 23.3. The summed E-state index contributed by atoms with van der Waals surface area (Å²) in [7, 11) is 0. The normalized spacial score (nSPS) is 15.5. The fraction of sp³-hybridized carbons (Fsp3) is 0.688. The predicted octanol–water partition coefficient (Wildman–Crippen LogP) is -3.56. The van der Waals surface area contributed by atoms with Gasteiger partial charge in [0, 0.05) is 45.1 Å². The number of benzene rings is 1. The van der Waals surface area contributed by atoms with Gasteiger partial charge in [0.25, 0.3) is 0 Å². The summed E-state index contributed by atoms with van der Waals surface area (Å²) in [5.74, 6) is -22.1. The maximum Gasteiger partial charge on any atom is 0.248 e. The molecule has 139 heavy (non-hydrogen) atoms. The SMILES string of the molecule is CCC(C)(NC(=O)C(C)(C)NC(=O)C(NC(=O)C1CCCN1C(=O)C(C)(C)NC(=O)C(CC(C)C)NC(=O)CNC(=O)C(C)(C)NC(=O)C(NC(=O)C(C)(C)NC(=O)C(CCC(N)=O)NC(=O)C(C)(C)NC(=O)C(C)(C)NC(=O)C(C)NC(=O)C(C)(C)NC(=O)C(C)NC(=O)C(C)(C)NC(C)=O)C(C)C)C(C)C)C(=O)NC(CCC(N)=O)C(=O)CC(CCC(N)=O)C(=O)NC(CO)Cc1ccccc1. The lowest BCUT2D eigenvalue weighted by molar-refractivity contribution is -0.146. The Morgan fingerprint density at radius 3 is 1.27 bits per heavy atom. The summed E-state index contributed by atoms with van der Waals surface area (Å²) in [5.41, 5.74) is 1.19. The van der Waals surface area contributed by atoms with Crippen LogP contribution in [0.1, 0.15) is 263 Å². The Hall–Kier alpha value is -12.8. The minimum Gasteiger partial charge on any atom is -0.394 e. The summed E-state index contributed by atoms with van der Waals surface area (Å²) in [6.07, 6.45) is -2.15. The van der Waals surface area contributed by atoms with Crippen LogP contribution in [0, 0.1) is 23.7 Å². The third kappa shape index (κ3) is 38.8. The Morgan fingerprint density at radius 1 is 0.410 bits per heavy atom. The standard InChI is InChI=1S/C93H154N22O24/c1-28-93(27,83(138)102-57(37-40-63(95)120)61(118)45-55(36-39-62(94)119)70(125)100-56(47-116)44-54-33-30-29-31-34-54)114-82(137)91(23,24)112-74(129)66(49(4)5)104-73(128)60-35-32-42-115(60)84(139)92(25,26)110-72(127)59(43-48(2)3)101-65(122)46-97-76(131)85(11,12)111-75(130)67(50(6)7)105-80(135)88(17,18)109-71(126)58(38-41-64(96)121)103-79(134)89(19,20)113-81(136)90(21,22)108-69(124)52(9)99-78(133)87(15,16)107-68(123)51(8)98-77(132)86(13,14)106-53(10)117/h29-31,33-34,48-52,55-60,66-67,116H,28,32,35-47H2,1-27H3,(H2,94,119)(H2,95,120)(H2,96,121)(H,97,131)(H,98,132)(H,99,133)(H,100,125)(H,101,122)(H,102,138)(H,103,134)(H,104,128)(H,105,135)(H,106,117)(H,107,123)(H,108,124)(H,109,126)(H,110,127)(H,111,130)(H,112,129)(H,113,136)(H,114,137). The zero-order valence-corrected chi connectivity index (χ0v) is 85.5. The highest BCUT2D eigenvalue weighted by Gasteiger charge is 2.49. The van der Waals surface area contributed by atoms with Crippen LogP contribution in [0.25, 0.3) is 0 Å². The number of ketones is 1. The van der Waals surface area contributed by atoms with Crippen molar-refractivity contribution in [1.29, 1.82) is 0 Å². The van der Waals surface area contributed by atoms with Crippen LogP contribution in [0.4, 0.5) is 0 Å². The molecule has 0 saturated carbocycles. The molecule has 46 nitrogen and oxygen atoms in total. The molecule has 1 fully saturated rings. The summed E-state index contributed by atoms with van der Waals surface area (Å²) in [5, 5.41) is 56.2. The molecule has 1 aromatic carbocycles. The molecule has 0 aromatic heterocycles. The number of hydrogen-bond donors (Lipinski definition) is 22. The molecule has 1 aliphatic heterocycles. The Balaban J connectivity index is 2.20. The second-order valence-electron chi connectivity index (χ2n) is 41.1. The largest absolute Gasteiger partial charge is 0.394 e. The first-order chi connectivity index (χ1) is 63.6. The average molecular weight is 1960 g/mol. The van der Waals surface area contributed by atoms with Crippen molar-refractivity contribution in [1.82, 2.24) is 101 Å². The molecule has 2 rings (SSSR count). The number of primary amides is 3.